The molecule has 0 radical (unpaired) electrons. The average molecular weight is 1110 g/mol. The van der Waals surface area contributed by atoms with E-state index >= 15 is 26.3 Å². The molecule has 86 heavy (non-hydrogen) atoms. The summed E-state index contributed by atoms with van der Waals surface area (Å²) in [4.78, 5) is 0. The molecular weight excluding hydrogens is 1070 g/mol. The molecule has 0 saturated carbocycles. The number of alkyl halides is 6. The third-order valence-corrected chi connectivity index (χ3v) is 19.1. The van der Waals surface area contributed by atoms with Crippen molar-refractivity contribution in [3.63, 3.8) is 0 Å². The summed E-state index contributed by atoms with van der Waals surface area (Å²) in [7, 11) is 0. The number of benzene rings is 14. The minimum Gasteiger partial charge on any atom is -0.166 e. The molecule has 0 atom stereocenters. The van der Waals surface area contributed by atoms with Crippen molar-refractivity contribution in [2.24, 2.45) is 0 Å². The molecule has 14 aromatic rings. The van der Waals surface area contributed by atoms with Crippen LogP contribution in [-0.4, -0.2) is 13.4 Å². The van der Waals surface area contributed by atoms with Gasteiger partial charge in [0.2, 0.25) is 13.4 Å². The molecule has 0 bridgehead atoms. The van der Waals surface area contributed by atoms with Crippen molar-refractivity contribution < 1.29 is 26.3 Å². The zero-order valence-corrected chi connectivity index (χ0v) is 45.7. The quantitative estimate of drug-likeness (QED) is 0.0884. The van der Waals surface area contributed by atoms with Gasteiger partial charge in [-0.1, -0.05) is 251 Å². The van der Waals surface area contributed by atoms with E-state index < -0.39 is 36.9 Å². The highest BCUT2D eigenvalue weighted by Gasteiger charge is 2.47. The maximum Gasteiger partial charge on any atom is 0.416 e. The Hall–Kier alpha value is -10.2. The summed E-state index contributed by atoms with van der Waals surface area (Å²) in [5.41, 5.74) is 20.2. The smallest absolute Gasteiger partial charge is 0.166 e. The van der Waals surface area contributed by atoms with Crippen molar-refractivity contribution >= 4 is 78.5 Å². The summed E-state index contributed by atoms with van der Waals surface area (Å²) < 4.78 is 94.7. The molecule has 0 aromatic heterocycles. The molecule has 4 heterocycles. The van der Waals surface area contributed by atoms with E-state index in [1.807, 2.05) is 109 Å². The lowest BCUT2D eigenvalue weighted by atomic mass is 9.34. The maximum absolute atomic E-state index is 15.8. The summed E-state index contributed by atoms with van der Waals surface area (Å²) in [6.07, 6.45) is -9.35. The number of hydrogen-bond donors (Lipinski definition) is 0. The molecule has 0 unspecified atom stereocenters. The van der Waals surface area contributed by atoms with Crippen LogP contribution in [0.15, 0.2) is 255 Å². The van der Waals surface area contributed by atoms with Crippen molar-refractivity contribution in [2.45, 2.75) is 12.4 Å². The van der Waals surface area contributed by atoms with Crippen LogP contribution in [0.1, 0.15) is 11.1 Å². The van der Waals surface area contributed by atoms with Crippen molar-refractivity contribution in [3.05, 3.63) is 266 Å². The van der Waals surface area contributed by atoms with E-state index in [1.165, 1.54) is 24.3 Å². The van der Waals surface area contributed by atoms with Crippen LogP contribution in [-0.2, 0) is 12.4 Å². The molecule has 0 nitrogen and oxygen atoms in total. The van der Waals surface area contributed by atoms with E-state index in [9.17, 15) is 0 Å². The van der Waals surface area contributed by atoms with Gasteiger partial charge in [-0.05, 0) is 180 Å². The van der Waals surface area contributed by atoms with Gasteiger partial charge in [0.1, 0.15) is 0 Å². The van der Waals surface area contributed by atoms with Crippen LogP contribution in [0.4, 0.5) is 26.3 Å². The zero-order chi connectivity index (χ0) is 57.5. The fourth-order valence-electron chi connectivity index (χ4n) is 15.8. The van der Waals surface area contributed by atoms with Gasteiger partial charge in [0.15, 0.2) is 0 Å². The Bertz CT molecular complexity index is 4800. The Morgan fingerprint density at radius 2 is 0.512 bits per heavy atom. The minimum absolute atomic E-state index is 0.461. The predicted octanol–water partition coefficient (Wildman–Crippen LogP) is 17.6. The van der Waals surface area contributed by atoms with Crippen LogP contribution in [0.25, 0.3) is 144 Å². The molecule has 0 aliphatic carbocycles. The molecule has 402 valence electrons. The molecule has 8 heteroatoms. The fraction of sp³-hybridized carbons (Fsp3) is 0.0256. The molecule has 0 saturated heterocycles. The Morgan fingerprint density at radius 1 is 0.221 bits per heavy atom. The first-order valence-electron chi connectivity index (χ1n) is 29.0. The SMILES string of the molecule is FC(F)(F)c1cc2c3c(c1)-c1cc(-c4c(-c5ccccc5)cccc4-c4ccccc4)c4cc5c6c(cc(-c7c(-c8ccccc8)cccc7-c7ccccc7)c7cc(c1c4c76)B3c1ccccc1-2)-c1cc(C(F)(F)F)cc2c1B5c1ccccc1-2. The lowest BCUT2D eigenvalue weighted by molar-refractivity contribution is -0.138. The topological polar surface area (TPSA) is 0 Å². The van der Waals surface area contributed by atoms with Gasteiger partial charge in [-0.15, -0.1) is 0 Å². The van der Waals surface area contributed by atoms with Gasteiger partial charge in [-0.3, -0.25) is 0 Å². The zero-order valence-electron chi connectivity index (χ0n) is 45.7. The fourth-order valence-corrected chi connectivity index (χ4v) is 15.8. The van der Waals surface area contributed by atoms with Gasteiger partial charge in [0.25, 0.3) is 0 Å². The van der Waals surface area contributed by atoms with Crippen molar-refractivity contribution in [1.82, 2.24) is 0 Å². The second-order valence-corrected chi connectivity index (χ2v) is 23.4. The Balaban J connectivity index is 1.12. The van der Waals surface area contributed by atoms with E-state index in [0.717, 1.165) is 143 Å². The van der Waals surface area contributed by atoms with Gasteiger partial charge in [0.05, 0.1) is 11.1 Å². The van der Waals surface area contributed by atoms with Gasteiger partial charge in [-0.2, -0.15) is 26.3 Å². The van der Waals surface area contributed by atoms with Gasteiger partial charge in [-0.25, -0.2) is 0 Å². The van der Waals surface area contributed by atoms with Crippen molar-refractivity contribution in [2.75, 3.05) is 0 Å². The average Bonchev–Trinajstić information content (AvgIpc) is 1.18. The first-order valence-corrected chi connectivity index (χ1v) is 29.0. The molecule has 4 aliphatic rings. The Morgan fingerprint density at radius 3 is 0.837 bits per heavy atom. The number of fused-ring (bicyclic) bond motifs is 10. The van der Waals surface area contributed by atoms with Gasteiger partial charge in [0, 0.05) is 0 Å². The van der Waals surface area contributed by atoms with Crippen LogP contribution in [0.5, 0.6) is 0 Å². The summed E-state index contributed by atoms with van der Waals surface area (Å²) in [6.45, 7) is -0.922. The predicted molar refractivity (Wildman–Crippen MR) is 344 cm³/mol. The molecule has 14 aromatic carbocycles. The monoisotopic (exact) mass is 1110 g/mol. The molecule has 0 spiro atoms. The molecule has 18 rings (SSSR count). The third kappa shape index (κ3) is 6.81. The third-order valence-electron chi connectivity index (χ3n) is 19.1. The summed E-state index contributed by atoms with van der Waals surface area (Å²) in [5.74, 6) is 0. The second-order valence-electron chi connectivity index (χ2n) is 23.4. The van der Waals surface area contributed by atoms with E-state index in [-0.39, 0.29) is 0 Å². The highest BCUT2D eigenvalue weighted by molar-refractivity contribution is 7.03. The Labute approximate surface area is 491 Å². The standard InChI is InChI=1S/C78H42B2F6/c81-77(82,83)47-35-61-53-27-14-16-34-66(53)80-68-42-60-56(70-51(45-23-9-3-10-24-45)31-18-32-52(70)46-25-11-4-12-26-46)40-58-64-38-48(78(84,85)86)36-62-54-28-13-15-33-65(54)79(76(62)64)67-41-59-55(39-57(63(37-47)75(61)80)71(68)73(59)74(60)72(58)67)69-49(43-19-5-1-6-20-43)29-17-30-50(69)44-21-7-2-8-22-44/h1-42H. The van der Waals surface area contributed by atoms with Gasteiger partial charge < -0.3 is 0 Å². The van der Waals surface area contributed by atoms with Crippen molar-refractivity contribution in [1.29, 1.82) is 0 Å². The van der Waals surface area contributed by atoms with Crippen LogP contribution >= 0.6 is 0 Å². The normalized spacial score (nSPS) is 13.2. The number of halogens is 6. The lowest BCUT2D eigenvalue weighted by Crippen LogP contribution is -2.53. The highest BCUT2D eigenvalue weighted by atomic mass is 19.4. The first kappa shape index (κ1) is 49.3. The highest BCUT2D eigenvalue weighted by Crippen LogP contribution is 2.55. The summed E-state index contributed by atoms with van der Waals surface area (Å²) >= 11 is 0. The van der Waals surface area contributed by atoms with Crippen LogP contribution < -0.4 is 32.8 Å². The van der Waals surface area contributed by atoms with E-state index in [0.29, 0.717) is 33.4 Å². The van der Waals surface area contributed by atoms with Crippen LogP contribution in [0.2, 0.25) is 0 Å². The second kappa shape index (κ2) is 17.7. The number of rotatable bonds is 6. The van der Waals surface area contributed by atoms with Crippen molar-refractivity contribution in [3.8, 4) is 111 Å². The van der Waals surface area contributed by atoms with Gasteiger partial charge >= 0.3 is 12.4 Å². The van der Waals surface area contributed by atoms with Crippen LogP contribution in [0, 0.1) is 0 Å². The van der Waals surface area contributed by atoms with Crippen LogP contribution in [0.3, 0.4) is 0 Å². The summed E-state index contributed by atoms with van der Waals surface area (Å²) in [5, 5.41) is 5.22. The molecule has 4 aliphatic heterocycles. The van der Waals surface area contributed by atoms with E-state index in [4.69, 9.17) is 0 Å². The minimum atomic E-state index is -4.68. The van der Waals surface area contributed by atoms with E-state index in [2.05, 4.69) is 121 Å². The maximum atomic E-state index is 15.8. The van der Waals surface area contributed by atoms with E-state index in [1.54, 1.807) is 0 Å². The number of hydrogen-bond acceptors (Lipinski definition) is 0. The molecule has 0 fully saturated rings. The molecular formula is C78H42B2F6. The molecule has 0 amide bonds. The summed E-state index contributed by atoms with van der Waals surface area (Å²) in [6, 6.07) is 84.0. The first-order chi connectivity index (χ1) is 42.0. The Kier molecular flexibility index (Phi) is 10.1. The lowest BCUT2D eigenvalue weighted by Gasteiger charge is -2.34. The largest absolute Gasteiger partial charge is 0.416 e. The molecule has 0 N–H and O–H groups in total.